The predicted octanol–water partition coefficient (Wildman–Crippen LogP) is 1.99. The van der Waals surface area contributed by atoms with Crippen molar-refractivity contribution in [3.63, 3.8) is 0 Å². The van der Waals surface area contributed by atoms with Crippen LogP contribution >= 0.6 is 15.9 Å². The highest BCUT2D eigenvalue weighted by molar-refractivity contribution is 9.10. The van der Waals surface area contributed by atoms with Crippen molar-refractivity contribution in [2.75, 3.05) is 0 Å². The summed E-state index contributed by atoms with van der Waals surface area (Å²) in [7, 11) is 0. The maximum absolute atomic E-state index is 11.6. The number of carbonyl (C=O) groups excluding carboxylic acids is 1. The second kappa shape index (κ2) is 5.39. The van der Waals surface area contributed by atoms with Gasteiger partial charge in [0.2, 0.25) is 0 Å². The number of halogens is 1. The van der Waals surface area contributed by atoms with Crippen LogP contribution in [0, 0.1) is 13.8 Å². The van der Waals surface area contributed by atoms with E-state index >= 15 is 0 Å². The fourth-order valence-corrected chi connectivity index (χ4v) is 1.80. The van der Waals surface area contributed by atoms with Gasteiger partial charge in [-0.15, -0.1) is 0 Å². The Hall–Kier alpha value is -0.970. The van der Waals surface area contributed by atoms with E-state index in [0.29, 0.717) is 12.1 Å². The topological polar surface area (TPSA) is 52.0 Å². The Labute approximate surface area is 103 Å². The first-order chi connectivity index (χ1) is 7.47. The fraction of sp³-hybridized carbons (Fsp3) is 0.545. The van der Waals surface area contributed by atoms with E-state index in [-0.39, 0.29) is 18.0 Å². The van der Waals surface area contributed by atoms with E-state index in [1.165, 1.54) is 4.57 Å². The average molecular weight is 287 g/mol. The standard InChI is InChI=1S/C11H15BrN2O2/c1-4-5-9(15)6-14-8(3)10(12)7(2)13-11(14)16/h4-6H2,1-3H3. The zero-order valence-corrected chi connectivity index (χ0v) is 11.3. The fourth-order valence-electron chi connectivity index (χ4n) is 1.50. The Morgan fingerprint density at radius 2 is 2.06 bits per heavy atom. The summed E-state index contributed by atoms with van der Waals surface area (Å²) in [5.74, 6) is 0.0604. The second-order valence-electron chi connectivity index (χ2n) is 3.75. The molecule has 1 aromatic rings. The normalized spacial score (nSPS) is 10.5. The lowest BCUT2D eigenvalue weighted by molar-refractivity contribution is -0.119. The average Bonchev–Trinajstić information content (AvgIpc) is 2.22. The monoisotopic (exact) mass is 286 g/mol. The van der Waals surface area contributed by atoms with E-state index < -0.39 is 0 Å². The molecule has 16 heavy (non-hydrogen) atoms. The molecule has 0 aromatic carbocycles. The molecule has 0 aliphatic rings. The molecule has 0 aliphatic carbocycles. The van der Waals surface area contributed by atoms with Gasteiger partial charge < -0.3 is 0 Å². The van der Waals surface area contributed by atoms with Gasteiger partial charge in [0.25, 0.3) is 0 Å². The highest BCUT2D eigenvalue weighted by Crippen LogP contribution is 2.16. The van der Waals surface area contributed by atoms with Crippen LogP contribution in [0.1, 0.15) is 31.2 Å². The number of rotatable bonds is 4. The zero-order chi connectivity index (χ0) is 12.3. The van der Waals surface area contributed by atoms with Crippen LogP contribution < -0.4 is 5.69 Å². The van der Waals surface area contributed by atoms with Crippen molar-refractivity contribution in [2.45, 2.75) is 40.2 Å². The summed E-state index contributed by atoms with van der Waals surface area (Å²) >= 11 is 3.36. The lowest BCUT2D eigenvalue weighted by Gasteiger charge is -2.10. The van der Waals surface area contributed by atoms with Crippen LogP contribution in [0.25, 0.3) is 0 Å². The maximum atomic E-state index is 11.6. The van der Waals surface area contributed by atoms with E-state index in [1.54, 1.807) is 13.8 Å². The van der Waals surface area contributed by atoms with Gasteiger partial charge in [-0.3, -0.25) is 9.36 Å². The molecule has 1 rings (SSSR count). The summed E-state index contributed by atoms with van der Waals surface area (Å²) in [4.78, 5) is 27.0. The minimum Gasteiger partial charge on any atom is -0.298 e. The lowest BCUT2D eigenvalue weighted by atomic mass is 10.2. The van der Waals surface area contributed by atoms with Gasteiger partial charge in [0.1, 0.15) is 0 Å². The molecule has 1 heterocycles. The van der Waals surface area contributed by atoms with Crippen molar-refractivity contribution < 1.29 is 4.79 Å². The van der Waals surface area contributed by atoms with Crippen LogP contribution in [0.4, 0.5) is 0 Å². The first kappa shape index (κ1) is 13.1. The number of aryl methyl sites for hydroxylation is 1. The summed E-state index contributed by atoms with van der Waals surface area (Å²) < 4.78 is 2.20. The summed E-state index contributed by atoms with van der Waals surface area (Å²) in [6.07, 6.45) is 1.30. The number of carbonyl (C=O) groups is 1. The van der Waals surface area contributed by atoms with Crippen molar-refractivity contribution in [2.24, 2.45) is 0 Å². The zero-order valence-electron chi connectivity index (χ0n) is 9.71. The van der Waals surface area contributed by atoms with Gasteiger partial charge in [0.05, 0.1) is 16.7 Å². The van der Waals surface area contributed by atoms with E-state index in [2.05, 4.69) is 20.9 Å². The summed E-state index contributed by atoms with van der Waals surface area (Å²) in [6.45, 7) is 5.62. The van der Waals surface area contributed by atoms with Crippen LogP contribution in [0.15, 0.2) is 9.27 Å². The molecule has 0 aliphatic heterocycles. The first-order valence-corrected chi connectivity index (χ1v) is 6.02. The highest BCUT2D eigenvalue weighted by atomic mass is 79.9. The summed E-state index contributed by atoms with van der Waals surface area (Å²) in [5.41, 5.74) is 1.05. The van der Waals surface area contributed by atoms with Crippen LogP contribution in [-0.4, -0.2) is 15.3 Å². The van der Waals surface area contributed by atoms with Gasteiger partial charge in [0.15, 0.2) is 5.78 Å². The molecular formula is C11H15BrN2O2. The van der Waals surface area contributed by atoms with E-state index in [1.807, 2.05) is 6.92 Å². The molecule has 4 nitrogen and oxygen atoms in total. The van der Waals surface area contributed by atoms with Crippen LogP contribution in [0.3, 0.4) is 0 Å². The molecule has 0 unspecified atom stereocenters. The molecule has 0 atom stereocenters. The minimum absolute atomic E-state index is 0.0604. The van der Waals surface area contributed by atoms with Crippen molar-refractivity contribution in [3.05, 3.63) is 26.3 Å². The third kappa shape index (κ3) is 2.78. The quantitative estimate of drug-likeness (QED) is 0.851. The van der Waals surface area contributed by atoms with Gasteiger partial charge >= 0.3 is 5.69 Å². The van der Waals surface area contributed by atoms with E-state index in [4.69, 9.17) is 0 Å². The molecule has 0 saturated carbocycles. The molecule has 5 heteroatoms. The van der Waals surface area contributed by atoms with Crippen LogP contribution in [0.2, 0.25) is 0 Å². The van der Waals surface area contributed by atoms with Gasteiger partial charge in [-0.25, -0.2) is 4.79 Å². The summed E-state index contributed by atoms with van der Waals surface area (Å²) in [5, 5.41) is 0. The Balaban J connectivity index is 3.10. The molecule has 1 aromatic heterocycles. The third-order valence-corrected chi connectivity index (χ3v) is 3.55. The number of hydrogen-bond acceptors (Lipinski definition) is 3. The highest BCUT2D eigenvalue weighted by Gasteiger charge is 2.11. The third-order valence-electron chi connectivity index (χ3n) is 2.40. The van der Waals surface area contributed by atoms with Crippen molar-refractivity contribution in [3.8, 4) is 0 Å². The molecule has 0 spiro atoms. The Morgan fingerprint density at radius 3 is 2.62 bits per heavy atom. The predicted molar refractivity (Wildman–Crippen MR) is 65.6 cm³/mol. The summed E-state index contributed by atoms with van der Waals surface area (Å²) in [6, 6.07) is 0. The van der Waals surface area contributed by atoms with Crippen molar-refractivity contribution in [1.29, 1.82) is 0 Å². The number of hydrogen-bond donors (Lipinski definition) is 0. The van der Waals surface area contributed by atoms with Gasteiger partial charge in [-0.05, 0) is 36.2 Å². The number of aromatic nitrogens is 2. The van der Waals surface area contributed by atoms with Crippen LogP contribution in [0.5, 0.6) is 0 Å². The lowest BCUT2D eigenvalue weighted by Crippen LogP contribution is -2.29. The molecule has 88 valence electrons. The number of Topliss-reactive ketones (excluding diaryl/α,β-unsaturated/α-hetero) is 1. The molecule has 0 fully saturated rings. The molecule has 0 N–H and O–H groups in total. The molecule has 0 radical (unpaired) electrons. The Bertz CT molecular complexity index is 466. The van der Waals surface area contributed by atoms with Gasteiger partial charge in [0, 0.05) is 12.1 Å². The Kier molecular flexibility index (Phi) is 4.41. The molecule has 0 saturated heterocycles. The van der Waals surface area contributed by atoms with Crippen molar-refractivity contribution >= 4 is 21.7 Å². The SMILES string of the molecule is CCCC(=O)Cn1c(C)c(Br)c(C)nc1=O. The maximum Gasteiger partial charge on any atom is 0.348 e. The number of nitrogens with zero attached hydrogens (tertiary/aromatic N) is 2. The largest absolute Gasteiger partial charge is 0.348 e. The Morgan fingerprint density at radius 1 is 1.44 bits per heavy atom. The van der Waals surface area contributed by atoms with E-state index in [0.717, 1.165) is 16.6 Å². The molecule has 0 bridgehead atoms. The number of ketones is 1. The molecule has 0 amide bonds. The van der Waals surface area contributed by atoms with Crippen molar-refractivity contribution in [1.82, 2.24) is 9.55 Å². The smallest absolute Gasteiger partial charge is 0.298 e. The van der Waals surface area contributed by atoms with Gasteiger partial charge in [-0.2, -0.15) is 4.98 Å². The van der Waals surface area contributed by atoms with Gasteiger partial charge in [-0.1, -0.05) is 6.92 Å². The van der Waals surface area contributed by atoms with E-state index in [9.17, 15) is 9.59 Å². The second-order valence-corrected chi connectivity index (χ2v) is 4.55. The molecular weight excluding hydrogens is 272 g/mol. The first-order valence-electron chi connectivity index (χ1n) is 5.22. The van der Waals surface area contributed by atoms with Crippen LogP contribution in [-0.2, 0) is 11.3 Å². The minimum atomic E-state index is -0.359.